The molecule has 4 heteroatoms. The molecule has 0 radical (unpaired) electrons. The Labute approximate surface area is 98.7 Å². The van der Waals surface area contributed by atoms with Gasteiger partial charge in [-0.3, -0.25) is 0 Å². The highest BCUT2D eigenvalue weighted by Gasteiger charge is 2.09. The van der Waals surface area contributed by atoms with Crippen LogP contribution in [0.15, 0.2) is 30.6 Å². The number of halogens is 2. The van der Waals surface area contributed by atoms with Gasteiger partial charge in [-0.25, -0.2) is 9.37 Å². The second kappa shape index (κ2) is 4.66. The third-order valence-electron chi connectivity index (χ3n) is 2.51. The Balaban J connectivity index is 2.34. The van der Waals surface area contributed by atoms with Gasteiger partial charge in [0.2, 0.25) is 0 Å². The molecule has 0 saturated carbocycles. The predicted octanol–water partition coefficient (Wildman–Crippen LogP) is 3.29. The summed E-state index contributed by atoms with van der Waals surface area (Å²) in [6.45, 7) is 2.44. The van der Waals surface area contributed by atoms with Gasteiger partial charge in [-0.1, -0.05) is 24.6 Å². The Morgan fingerprint density at radius 1 is 1.44 bits per heavy atom. The van der Waals surface area contributed by atoms with Crippen LogP contribution in [0.25, 0.3) is 0 Å². The average molecular weight is 239 g/mol. The largest absolute Gasteiger partial charge is 0.330 e. The number of hydrogen-bond donors (Lipinski definition) is 0. The van der Waals surface area contributed by atoms with Crippen molar-refractivity contribution < 1.29 is 4.39 Å². The van der Waals surface area contributed by atoms with Crippen LogP contribution in [0.2, 0.25) is 5.02 Å². The van der Waals surface area contributed by atoms with E-state index in [0.717, 1.165) is 12.2 Å². The minimum atomic E-state index is -0.275. The summed E-state index contributed by atoms with van der Waals surface area (Å²) in [5.74, 6) is 0.655. The molecule has 0 saturated heterocycles. The van der Waals surface area contributed by atoms with Crippen LogP contribution < -0.4 is 0 Å². The maximum absolute atomic E-state index is 13.6. The first-order valence-corrected chi connectivity index (χ1v) is 5.53. The van der Waals surface area contributed by atoms with Crippen molar-refractivity contribution in [3.05, 3.63) is 52.8 Å². The second-order valence-electron chi connectivity index (χ2n) is 3.53. The molecule has 0 aliphatic rings. The normalized spacial score (nSPS) is 10.7. The fourth-order valence-electron chi connectivity index (χ4n) is 1.65. The number of aryl methyl sites for hydroxylation is 1. The Bertz CT molecular complexity index is 473. The van der Waals surface area contributed by atoms with Gasteiger partial charge >= 0.3 is 0 Å². The molecule has 0 aliphatic carbocycles. The fraction of sp³-hybridized carbons (Fsp3) is 0.250. The predicted molar refractivity (Wildman–Crippen MR) is 62.1 cm³/mol. The van der Waals surface area contributed by atoms with E-state index in [9.17, 15) is 4.39 Å². The molecule has 1 aromatic carbocycles. The van der Waals surface area contributed by atoms with Crippen molar-refractivity contribution in [2.75, 3.05) is 0 Å². The summed E-state index contributed by atoms with van der Waals surface area (Å²) in [5, 5.41) is 0.454. The molecule has 2 nitrogen and oxygen atoms in total. The molecule has 84 valence electrons. The second-order valence-corrected chi connectivity index (χ2v) is 3.93. The molecule has 2 rings (SSSR count). The van der Waals surface area contributed by atoms with Gasteiger partial charge in [0.15, 0.2) is 0 Å². The summed E-state index contributed by atoms with van der Waals surface area (Å²) < 4.78 is 15.5. The van der Waals surface area contributed by atoms with Gasteiger partial charge in [0.25, 0.3) is 0 Å². The van der Waals surface area contributed by atoms with Crippen LogP contribution in [-0.2, 0) is 13.0 Å². The molecule has 0 spiro atoms. The number of benzene rings is 1. The molecule has 0 bridgehead atoms. The smallest absolute Gasteiger partial charge is 0.129 e. The van der Waals surface area contributed by atoms with E-state index in [4.69, 9.17) is 11.6 Å². The molecule has 0 atom stereocenters. The van der Waals surface area contributed by atoms with E-state index in [1.165, 1.54) is 6.07 Å². The van der Waals surface area contributed by atoms with Crippen LogP contribution in [0.4, 0.5) is 4.39 Å². The third-order valence-corrected chi connectivity index (χ3v) is 2.86. The lowest BCUT2D eigenvalue weighted by atomic mass is 10.2. The number of rotatable bonds is 3. The van der Waals surface area contributed by atoms with Gasteiger partial charge < -0.3 is 4.57 Å². The lowest BCUT2D eigenvalue weighted by Crippen LogP contribution is -2.05. The molecular formula is C12H12ClFN2. The van der Waals surface area contributed by atoms with E-state index in [-0.39, 0.29) is 5.82 Å². The van der Waals surface area contributed by atoms with Crippen LogP contribution in [-0.4, -0.2) is 9.55 Å². The Morgan fingerprint density at radius 3 is 2.94 bits per heavy atom. The van der Waals surface area contributed by atoms with Crippen LogP contribution in [0.5, 0.6) is 0 Å². The molecule has 1 aromatic heterocycles. The van der Waals surface area contributed by atoms with Crippen molar-refractivity contribution in [2.45, 2.75) is 19.9 Å². The average Bonchev–Trinajstić information content (AvgIpc) is 2.71. The zero-order valence-electron chi connectivity index (χ0n) is 8.95. The highest BCUT2D eigenvalue weighted by molar-refractivity contribution is 6.31. The highest BCUT2D eigenvalue weighted by Crippen LogP contribution is 2.20. The van der Waals surface area contributed by atoms with Gasteiger partial charge in [-0.15, -0.1) is 0 Å². The van der Waals surface area contributed by atoms with E-state index in [2.05, 4.69) is 4.98 Å². The van der Waals surface area contributed by atoms with Crippen molar-refractivity contribution in [3.63, 3.8) is 0 Å². The van der Waals surface area contributed by atoms with Gasteiger partial charge in [-0.2, -0.15) is 0 Å². The first-order chi connectivity index (χ1) is 7.72. The van der Waals surface area contributed by atoms with Gasteiger partial charge in [-0.05, 0) is 12.1 Å². The van der Waals surface area contributed by atoms with Crippen molar-refractivity contribution in [3.8, 4) is 0 Å². The van der Waals surface area contributed by atoms with Crippen LogP contribution in [0.1, 0.15) is 18.3 Å². The van der Waals surface area contributed by atoms with Gasteiger partial charge in [0, 0.05) is 29.4 Å². The molecule has 16 heavy (non-hydrogen) atoms. The van der Waals surface area contributed by atoms with E-state index in [1.807, 2.05) is 17.7 Å². The first kappa shape index (κ1) is 11.1. The van der Waals surface area contributed by atoms with Crippen molar-refractivity contribution in [1.82, 2.24) is 9.55 Å². The molecule has 0 amide bonds. The summed E-state index contributed by atoms with van der Waals surface area (Å²) >= 11 is 5.97. The maximum atomic E-state index is 13.6. The Morgan fingerprint density at radius 2 is 2.25 bits per heavy atom. The lowest BCUT2D eigenvalue weighted by Gasteiger charge is -2.09. The number of nitrogens with zero attached hydrogens (tertiary/aromatic N) is 2. The molecule has 0 fully saturated rings. The molecule has 1 heterocycles. The standard InChI is InChI=1S/C12H12ClFN2/c1-2-12-15-6-7-16(12)8-9-10(13)4-3-5-11(9)14/h3-7H,2,8H2,1H3. The Hall–Kier alpha value is -1.35. The molecular weight excluding hydrogens is 227 g/mol. The fourth-order valence-corrected chi connectivity index (χ4v) is 1.87. The summed E-state index contributed by atoms with van der Waals surface area (Å²) in [6.07, 6.45) is 4.37. The summed E-state index contributed by atoms with van der Waals surface area (Å²) in [5.41, 5.74) is 0.511. The number of aromatic nitrogens is 2. The quantitative estimate of drug-likeness (QED) is 0.803. The van der Waals surface area contributed by atoms with E-state index < -0.39 is 0 Å². The minimum absolute atomic E-state index is 0.275. The topological polar surface area (TPSA) is 17.8 Å². The SMILES string of the molecule is CCc1nccn1Cc1c(F)cccc1Cl. The van der Waals surface area contributed by atoms with E-state index in [0.29, 0.717) is 17.1 Å². The maximum Gasteiger partial charge on any atom is 0.129 e. The third kappa shape index (κ3) is 2.09. The number of imidazole rings is 1. The lowest BCUT2D eigenvalue weighted by molar-refractivity contribution is 0.595. The Kier molecular flexibility index (Phi) is 3.25. The molecule has 0 unspecified atom stereocenters. The van der Waals surface area contributed by atoms with E-state index in [1.54, 1.807) is 18.3 Å². The van der Waals surface area contributed by atoms with Crippen LogP contribution in [0, 0.1) is 5.82 Å². The zero-order valence-corrected chi connectivity index (χ0v) is 9.71. The zero-order chi connectivity index (χ0) is 11.5. The molecule has 0 N–H and O–H groups in total. The molecule has 0 aliphatic heterocycles. The van der Waals surface area contributed by atoms with E-state index >= 15 is 0 Å². The first-order valence-electron chi connectivity index (χ1n) is 5.15. The van der Waals surface area contributed by atoms with Crippen LogP contribution >= 0.6 is 11.6 Å². The van der Waals surface area contributed by atoms with Crippen molar-refractivity contribution in [2.24, 2.45) is 0 Å². The minimum Gasteiger partial charge on any atom is -0.330 e. The van der Waals surface area contributed by atoms with Gasteiger partial charge in [0.05, 0.1) is 6.54 Å². The summed E-state index contributed by atoms with van der Waals surface area (Å²) in [6, 6.07) is 4.72. The van der Waals surface area contributed by atoms with Crippen molar-refractivity contribution >= 4 is 11.6 Å². The number of hydrogen-bond acceptors (Lipinski definition) is 1. The molecule has 2 aromatic rings. The van der Waals surface area contributed by atoms with Gasteiger partial charge in [0.1, 0.15) is 11.6 Å². The summed E-state index contributed by atoms with van der Waals surface area (Å²) in [7, 11) is 0. The summed E-state index contributed by atoms with van der Waals surface area (Å²) in [4.78, 5) is 4.19. The highest BCUT2D eigenvalue weighted by atomic mass is 35.5. The van der Waals surface area contributed by atoms with Crippen molar-refractivity contribution in [1.29, 1.82) is 0 Å². The monoisotopic (exact) mass is 238 g/mol. The van der Waals surface area contributed by atoms with Crippen LogP contribution in [0.3, 0.4) is 0 Å².